The van der Waals surface area contributed by atoms with Crippen molar-refractivity contribution >= 4 is 34.7 Å². The van der Waals surface area contributed by atoms with Crippen molar-refractivity contribution in [2.75, 3.05) is 18.9 Å². The van der Waals surface area contributed by atoms with Crippen molar-refractivity contribution in [1.82, 2.24) is 14.7 Å². The van der Waals surface area contributed by atoms with Crippen molar-refractivity contribution in [2.24, 2.45) is 0 Å². The minimum Gasteiger partial charge on any atom is -0.310 e. The van der Waals surface area contributed by atoms with Crippen molar-refractivity contribution in [3.63, 3.8) is 0 Å². The fourth-order valence-corrected chi connectivity index (χ4v) is 4.21. The van der Waals surface area contributed by atoms with Gasteiger partial charge < -0.3 is 5.32 Å². The smallest absolute Gasteiger partial charge is 0.239 e. The van der Waals surface area contributed by atoms with Crippen molar-refractivity contribution < 1.29 is 4.79 Å². The van der Waals surface area contributed by atoms with Crippen molar-refractivity contribution in [3.05, 3.63) is 33.6 Å². The van der Waals surface area contributed by atoms with E-state index in [2.05, 4.69) is 10.4 Å². The van der Waals surface area contributed by atoms with Crippen molar-refractivity contribution in [2.45, 2.75) is 38.3 Å². The molecule has 3 rings (SSSR count). The van der Waals surface area contributed by atoms with Crippen LogP contribution in [-0.4, -0.2) is 34.2 Å². The van der Waals surface area contributed by atoms with Crippen LogP contribution >= 0.6 is 22.9 Å². The molecule has 1 amide bonds. The summed E-state index contributed by atoms with van der Waals surface area (Å²) >= 11 is 7.48. The molecule has 1 aliphatic rings. The van der Waals surface area contributed by atoms with Gasteiger partial charge in [0.05, 0.1) is 23.1 Å². The van der Waals surface area contributed by atoms with Gasteiger partial charge in [-0.3, -0.25) is 9.69 Å². The molecule has 0 aliphatic heterocycles. The Labute approximate surface area is 145 Å². The SMILES string of the molecule is CN(CC(=O)Nc1ccnn1C1CCCC1)Cc1ccc(Cl)s1. The van der Waals surface area contributed by atoms with Gasteiger partial charge >= 0.3 is 0 Å². The second-order valence-electron chi connectivity index (χ2n) is 6.03. The summed E-state index contributed by atoms with van der Waals surface area (Å²) < 4.78 is 2.74. The quantitative estimate of drug-likeness (QED) is 0.860. The first-order valence-corrected chi connectivity index (χ1v) is 9.07. The van der Waals surface area contributed by atoms with Gasteiger partial charge in [0.25, 0.3) is 0 Å². The molecule has 0 aromatic carbocycles. The van der Waals surface area contributed by atoms with E-state index in [9.17, 15) is 4.79 Å². The van der Waals surface area contributed by atoms with Crippen LogP contribution in [0.3, 0.4) is 0 Å². The number of hydrogen-bond donors (Lipinski definition) is 1. The minimum atomic E-state index is -0.0186. The van der Waals surface area contributed by atoms with Crippen LogP contribution < -0.4 is 5.32 Å². The van der Waals surface area contributed by atoms with Crippen LogP contribution in [0, 0.1) is 0 Å². The summed E-state index contributed by atoms with van der Waals surface area (Å²) in [6, 6.07) is 6.17. The molecule has 1 fully saturated rings. The summed E-state index contributed by atoms with van der Waals surface area (Å²) in [7, 11) is 1.93. The Morgan fingerprint density at radius 1 is 1.43 bits per heavy atom. The summed E-state index contributed by atoms with van der Waals surface area (Å²) in [5, 5.41) is 7.36. The first-order valence-electron chi connectivity index (χ1n) is 7.88. The van der Waals surface area contributed by atoms with Gasteiger partial charge in [0.1, 0.15) is 5.82 Å². The summed E-state index contributed by atoms with van der Waals surface area (Å²) in [4.78, 5) is 15.4. The molecule has 0 radical (unpaired) electrons. The molecule has 2 aromatic heterocycles. The number of aromatic nitrogens is 2. The molecule has 23 heavy (non-hydrogen) atoms. The van der Waals surface area contributed by atoms with Gasteiger partial charge in [-0.2, -0.15) is 5.10 Å². The van der Waals surface area contributed by atoms with Crippen LogP contribution in [0.15, 0.2) is 24.4 Å². The number of rotatable bonds is 6. The number of nitrogens with zero attached hydrogens (tertiary/aromatic N) is 3. The van der Waals surface area contributed by atoms with E-state index < -0.39 is 0 Å². The summed E-state index contributed by atoms with van der Waals surface area (Å²) in [6.45, 7) is 1.05. The molecule has 0 atom stereocenters. The van der Waals surface area contributed by atoms with Crippen LogP contribution in [0.25, 0.3) is 0 Å². The molecule has 0 spiro atoms. The molecule has 124 valence electrons. The normalized spacial score (nSPS) is 15.4. The van der Waals surface area contributed by atoms with Gasteiger partial charge in [-0.15, -0.1) is 11.3 Å². The zero-order valence-electron chi connectivity index (χ0n) is 13.2. The Morgan fingerprint density at radius 3 is 2.91 bits per heavy atom. The van der Waals surface area contributed by atoms with E-state index in [4.69, 9.17) is 11.6 Å². The molecular formula is C16H21ClN4OS. The lowest BCUT2D eigenvalue weighted by Crippen LogP contribution is -2.30. The zero-order valence-corrected chi connectivity index (χ0v) is 14.7. The standard InChI is InChI=1S/C16H21ClN4OS/c1-20(10-13-6-7-14(17)23-13)11-16(22)19-15-8-9-18-21(15)12-4-2-3-5-12/h6-9,12H,2-5,10-11H2,1H3,(H,19,22). The maximum absolute atomic E-state index is 12.3. The van der Waals surface area contributed by atoms with Gasteiger partial charge in [0, 0.05) is 17.5 Å². The Hall–Kier alpha value is -1.37. The number of amides is 1. The molecule has 0 bridgehead atoms. The molecule has 2 heterocycles. The van der Waals surface area contributed by atoms with Gasteiger partial charge in [0.15, 0.2) is 0 Å². The van der Waals surface area contributed by atoms with Gasteiger partial charge in [-0.1, -0.05) is 24.4 Å². The van der Waals surface area contributed by atoms with E-state index in [1.165, 1.54) is 12.8 Å². The highest BCUT2D eigenvalue weighted by Gasteiger charge is 2.20. The lowest BCUT2D eigenvalue weighted by molar-refractivity contribution is -0.117. The third kappa shape index (κ3) is 4.34. The summed E-state index contributed by atoms with van der Waals surface area (Å²) in [5.41, 5.74) is 0. The average molecular weight is 353 g/mol. The number of thiophene rings is 1. The average Bonchev–Trinajstić information content (AvgIpc) is 3.20. The van der Waals surface area contributed by atoms with Gasteiger partial charge in [-0.25, -0.2) is 4.68 Å². The molecule has 5 nitrogen and oxygen atoms in total. The third-order valence-electron chi connectivity index (χ3n) is 4.08. The lowest BCUT2D eigenvalue weighted by atomic mass is 10.2. The maximum atomic E-state index is 12.3. The fourth-order valence-electron chi connectivity index (χ4n) is 3.04. The van der Waals surface area contributed by atoms with Crippen LogP contribution in [0.2, 0.25) is 4.34 Å². The van der Waals surface area contributed by atoms with E-state index in [0.717, 1.165) is 27.9 Å². The Kier molecular flexibility index (Phi) is 5.35. The lowest BCUT2D eigenvalue weighted by Gasteiger charge is -2.17. The third-order valence-corrected chi connectivity index (χ3v) is 5.29. The molecule has 2 aromatic rings. The second kappa shape index (κ2) is 7.47. The predicted molar refractivity (Wildman–Crippen MR) is 94.0 cm³/mol. The van der Waals surface area contributed by atoms with E-state index in [0.29, 0.717) is 19.1 Å². The Balaban J connectivity index is 1.54. The number of halogens is 1. The summed E-state index contributed by atoms with van der Waals surface area (Å²) in [6.07, 6.45) is 6.52. The summed E-state index contributed by atoms with van der Waals surface area (Å²) in [5.74, 6) is 0.782. The molecule has 1 saturated carbocycles. The molecule has 1 aliphatic carbocycles. The highest BCUT2D eigenvalue weighted by Crippen LogP contribution is 2.31. The predicted octanol–water partition coefficient (Wildman–Crippen LogP) is 3.78. The maximum Gasteiger partial charge on any atom is 0.239 e. The van der Waals surface area contributed by atoms with Crippen LogP contribution in [0.5, 0.6) is 0 Å². The first-order chi connectivity index (χ1) is 11.1. The monoisotopic (exact) mass is 352 g/mol. The molecule has 1 N–H and O–H groups in total. The zero-order chi connectivity index (χ0) is 16.2. The van der Waals surface area contributed by atoms with E-state index in [1.807, 2.05) is 34.8 Å². The van der Waals surface area contributed by atoms with E-state index >= 15 is 0 Å². The highest BCUT2D eigenvalue weighted by atomic mass is 35.5. The topological polar surface area (TPSA) is 50.2 Å². The van der Waals surface area contributed by atoms with Crippen molar-refractivity contribution in [1.29, 1.82) is 0 Å². The minimum absolute atomic E-state index is 0.0186. The number of anilines is 1. The van der Waals surface area contributed by atoms with Crippen LogP contribution in [-0.2, 0) is 11.3 Å². The molecular weight excluding hydrogens is 332 g/mol. The molecule has 0 unspecified atom stereocenters. The number of hydrogen-bond acceptors (Lipinski definition) is 4. The van der Waals surface area contributed by atoms with Crippen LogP contribution in [0.1, 0.15) is 36.6 Å². The van der Waals surface area contributed by atoms with Gasteiger partial charge in [-0.05, 0) is 32.0 Å². The Bertz CT molecular complexity index is 663. The van der Waals surface area contributed by atoms with Crippen molar-refractivity contribution in [3.8, 4) is 0 Å². The largest absolute Gasteiger partial charge is 0.310 e. The number of likely N-dealkylation sites (N-methyl/N-ethyl adjacent to an activating group) is 1. The molecule has 7 heteroatoms. The number of nitrogens with one attached hydrogen (secondary N) is 1. The highest BCUT2D eigenvalue weighted by molar-refractivity contribution is 7.16. The van der Waals surface area contributed by atoms with E-state index in [1.54, 1.807) is 17.5 Å². The van der Waals surface area contributed by atoms with E-state index in [-0.39, 0.29) is 5.91 Å². The first kappa shape index (κ1) is 16.5. The fraction of sp³-hybridized carbons (Fsp3) is 0.500. The second-order valence-corrected chi connectivity index (χ2v) is 7.83. The van der Waals surface area contributed by atoms with Gasteiger partial charge in [0.2, 0.25) is 5.91 Å². The number of carbonyl (C=O) groups excluding carboxylic acids is 1. The molecule has 0 saturated heterocycles. The number of carbonyl (C=O) groups is 1. The Morgan fingerprint density at radius 2 is 2.22 bits per heavy atom. The van der Waals surface area contributed by atoms with Crippen LogP contribution in [0.4, 0.5) is 5.82 Å².